The SMILES string of the molecule is O=S(=O)(O)c1cc(Oc2ccc(Cl)cc2Cl)ccc1N1CCCC1. The molecule has 0 bridgehead atoms. The van der Waals surface area contributed by atoms with E-state index in [1.807, 2.05) is 4.90 Å². The van der Waals surface area contributed by atoms with Gasteiger partial charge in [0.1, 0.15) is 16.4 Å². The van der Waals surface area contributed by atoms with E-state index in [2.05, 4.69) is 0 Å². The Kier molecular flexibility index (Phi) is 4.92. The molecule has 0 aromatic heterocycles. The van der Waals surface area contributed by atoms with Crippen molar-refractivity contribution in [1.82, 2.24) is 0 Å². The van der Waals surface area contributed by atoms with Crippen LogP contribution >= 0.6 is 23.2 Å². The van der Waals surface area contributed by atoms with E-state index in [9.17, 15) is 13.0 Å². The largest absolute Gasteiger partial charge is 0.456 e. The molecule has 0 unspecified atom stereocenters. The summed E-state index contributed by atoms with van der Waals surface area (Å²) in [6.07, 6.45) is 1.98. The van der Waals surface area contributed by atoms with Crippen molar-refractivity contribution in [1.29, 1.82) is 0 Å². The lowest BCUT2D eigenvalue weighted by Gasteiger charge is -2.21. The number of anilines is 1. The number of halogens is 2. The van der Waals surface area contributed by atoms with E-state index in [4.69, 9.17) is 27.9 Å². The predicted octanol–water partition coefficient (Wildman–Crippen LogP) is 4.63. The third kappa shape index (κ3) is 3.78. The number of benzene rings is 2. The molecule has 128 valence electrons. The highest BCUT2D eigenvalue weighted by Gasteiger charge is 2.23. The number of hydrogen-bond acceptors (Lipinski definition) is 4. The summed E-state index contributed by atoms with van der Waals surface area (Å²) in [5, 5.41) is 0.773. The van der Waals surface area contributed by atoms with Crippen LogP contribution in [0, 0.1) is 0 Å². The van der Waals surface area contributed by atoms with Crippen LogP contribution in [0.5, 0.6) is 11.5 Å². The molecule has 1 saturated heterocycles. The average molecular weight is 388 g/mol. The second kappa shape index (κ2) is 6.80. The van der Waals surface area contributed by atoms with Crippen LogP contribution in [0.4, 0.5) is 5.69 Å². The van der Waals surface area contributed by atoms with Crippen LogP contribution in [0.25, 0.3) is 0 Å². The second-order valence-electron chi connectivity index (χ2n) is 5.48. The Morgan fingerprint density at radius 2 is 1.75 bits per heavy atom. The summed E-state index contributed by atoms with van der Waals surface area (Å²) in [5.41, 5.74) is 0.476. The van der Waals surface area contributed by atoms with Crippen LogP contribution in [0.15, 0.2) is 41.3 Å². The van der Waals surface area contributed by atoms with Crippen LogP contribution in [0.1, 0.15) is 12.8 Å². The number of hydrogen-bond donors (Lipinski definition) is 1. The summed E-state index contributed by atoms with van der Waals surface area (Å²) in [7, 11) is -4.38. The van der Waals surface area contributed by atoms with Crippen molar-refractivity contribution in [3.8, 4) is 11.5 Å². The van der Waals surface area contributed by atoms with Gasteiger partial charge >= 0.3 is 0 Å². The van der Waals surface area contributed by atoms with Gasteiger partial charge < -0.3 is 9.64 Å². The maximum absolute atomic E-state index is 11.8. The van der Waals surface area contributed by atoms with E-state index >= 15 is 0 Å². The van der Waals surface area contributed by atoms with Gasteiger partial charge in [0, 0.05) is 24.2 Å². The number of rotatable bonds is 4. The molecule has 0 spiro atoms. The van der Waals surface area contributed by atoms with Crippen molar-refractivity contribution < 1.29 is 17.7 Å². The molecule has 2 aromatic carbocycles. The molecule has 0 radical (unpaired) electrons. The molecule has 0 atom stereocenters. The zero-order valence-electron chi connectivity index (χ0n) is 12.6. The Hall–Kier alpha value is -1.47. The molecule has 1 N–H and O–H groups in total. The lowest BCUT2D eigenvalue weighted by molar-refractivity contribution is 0.472. The van der Waals surface area contributed by atoms with E-state index < -0.39 is 10.1 Å². The Balaban J connectivity index is 1.98. The minimum absolute atomic E-state index is 0.174. The highest BCUT2D eigenvalue weighted by atomic mass is 35.5. The van der Waals surface area contributed by atoms with Gasteiger partial charge in [0.15, 0.2) is 0 Å². The van der Waals surface area contributed by atoms with Gasteiger partial charge in [-0.15, -0.1) is 0 Å². The van der Waals surface area contributed by atoms with Gasteiger partial charge in [-0.05, 0) is 43.2 Å². The Morgan fingerprint density at radius 3 is 2.38 bits per heavy atom. The predicted molar refractivity (Wildman–Crippen MR) is 94.2 cm³/mol. The van der Waals surface area contributed by atoms with Crippen LogP contribution in [-0.2, 0) is 10.1 Å². The molecule has 8 heteroatoms. The van der Waals surface area contributed by atoms with Gasteiger partial charge in [-0.1, -0.05) is 23.2 Å². The van der Waals surface area contributed by atoms with Crippen molar-refractivity contribution in [3.63, 3.8) is 0 Å². The van der Waals surface area contributed by atoms with Gasteiger partial charge in [0.05, 0.1) is 10.7 Å². The highest BCUT2D eigenvalue weighted by molar-refractivity contribution is 7.86. The second-order valence-corrected chi connectivity index (χ2v) is 7.71. The Labute approximate surface area is 150 Å². The summed E-state index contributed by atoms with van der Waals surface area (Å²) in [4.78, 5) is 1.76. The van der Waals surface area contributed by atoms with Crippen LogP contribution in [0.3, 0.4) is 0 Å². The van der Waals surface area contributed by atoms with Crippen molar-refractivity contribution in [2.75, 3.05) is 18.0 Å². The molecule has 1 heterocycles. The van der Waals surface area contributed by atoms with Crippen LogP contribution < -0.4 is 9.64 Å². The molecule has 0 saturated carbocycles. The minimum Gasteiger partial charge on any atom is -0.456 e. The molecule has 1 fully saturated rings. The highest BCUT2D eigenvalue weighted by Crippen LogP contribution is 2.36. The monoisotopic (exact) mass is 387 g/mol. The molecular formula is C16H15Cl2NO4S. The van der Waals surface area contributed by atoms with Crippen molar-refractivity contribution >= 4 is 39.0 Å². The molecular weight excluding hydrogens is 373 g/mol. The lowest BCUT2D eigenvalue weighted by atomic mass is 10.2. The Morgan fingerprint density at radius 1 is 1.04 bits per heavy atom. The third-order valence-corrected chi connectivity index (χ3v) is 5.19. The molecule has 1 aliphatic heterocycles. The van der Waals surface area contributed by atoms with Crippen molar-refractivity contribution in [2.24, 2.45) is 0 Å². The normalized spacial score (nSPS) is 14.9. The van der Waals surface area contributed by atoms with Crippen molar-refractivity contribution in [3.05, 3.63) is 46.4 Å². The molecule has 24 heavy (non-hydrogen) atoms. The van der Waals surface area contributed by atoms with E-state index in [1.54, 1.807) is 24.3 Å². The number of nitrogens with zero attached hydrogens (tertiary/aromatic N) is 1. The van der Waals surface area contributed by atoms with E-state index in [1.165, 1.54) is 12.1 Å². The van der Waals surface area contributed by atoms with E-state index in [0.29, 0.717) is 21.5 Å². The third-order valence-electron chi connectivity index (χ3n) is 3.78. The van der Waals surface area contributed by atoms with Crippen LogP contribution in [0.2, 0.25) is 10.0 Å². The van der Waals surface area contributed by atoms with Crippen molar-refractivity contribution in [2.45, 2.75) is 17.7 Å². The zero-order valence-corrected chi connectivity index (χ0v) is 14.9. The summed E-state index contributed by atoms with van der Waals surface area (Å²) in [6.45, 7) is 1.51. The van der Waals surface area contributed by atoms with Gasteiger partial charge in [-0.3, -0.25) is 4.55 Å². The topological polar surface area (TPSA) is 66.8 Å². The number of ether oxygens (including phenoxy) is 1. The fourth-order valence-corrected chi connectivity index (χ4v) is 3.84. The first-order valence-corrected chi connectivity index (χ1v) is 9.53. The fraction of sp³-hybridized carbons (Fsp3) is 0.250. The molecule has 2 aromatic rings. The van der Waals surface area contributed by atoms with Gasteiger partial charge in [0.25, 0.3) is 10.1 Å². The van der Waals surface area contributed by atoms with Crippen LogP contribution in [-0.4, -0.2) is 26.1 Å². The molecule has 5 nitrogen and oxygen atoms in total. The summed E-state index contributed by atoms with van der Waals surface area (Å²) in [5.74, 6) is 0.603. The summed E-state index contributed by atoms with van der Waals surface area (Å²) < 4.78 is 38.7. The lowest BCUT2D eigenvalue weighted by Crippen LogP contribution is -2.20. The van der Waals surface area contributed by atoms with E-state index in [0.717, 1.165) is 25.9 Å². The molecule has 0 amide bonds. The molecule has 3 rings (SSSR count). The molecule has 1 aliphatic rings. The first-order valence-electron chi connectivity index (χ1n) is 7.34. The minimum atomic E-state index is -4.38. The standard InChI is InChI=1S/C16H15Cl2NO4S/c17-11-3-6-15(13(18)9-11)23-12-4-5-14(19-7-1-2-8-19)16(10-12)24(20,21)22/h3-6,9-10H,1-2,7-8H2,(H,20,21,22). The summed E-state index contributed by atoms with van der Waals surface area (Å²) >= 11 is 11.9. The Bertz CT molecular complexity index is 864. The maximum Gasteiger partial charge on any atom is 0.296 e. The maximum atomic E-state index is 11.8. The first-order chi connectivity index (χ1) is 11.3. The quantitative estimate of drug-likeness (QED) is 0.774. The smallest absolute Gasteiger partial charge is 0.296 e. The first kappa shape index (κ1) is 17.4. The fourth-order valence-electron chi connectivity index (χ4n) is 2.67. The molecule has 0 aliphatic carbocycles. The van der Waals surface area contributed by atoms with Gasteiger partial charge in [-0.25, -0.2) is 0 Å². The van der Waals surface area contributed by atoms with Gasteiger partial charge in [0.2, 0.25) is 0 Å². The van der Waals surface area contributed by atoms with Gasteiger partial charge in [-0.2, -0.15) is 8.42 Å². The van der Waals surface area contributed by atoms with E-state index in [-0.39, 0.29) is 10.6 Å². The summed E-state index contributed by atoms with van der Waals surface area (Å²) in [6, 6.07) is 9.31. The zero-order chi connectivity index (χ0) is 17.3. The average Bonchev–Trinajstić information content (AvgIpc) is 3.03.